The predicted molar refractivity (Wildman–Crippen MR) is 91.6 cm³/mol. The van der Waals surface area contributed by atoms with Crippen LogP contribution in [0.25, 0.3) is 0 Å². The van der Waals surface area contributed by atoms with Crippen molar-refractivity contribution in [1.82, 2.24) is 15.1 Å². The zero-order valence-electron chi connectivity index (χ0n) is 13.4. The Labute approximate surface area is 144 Å². The number of piperidine rings is 1. The largest absolute Gasteiger partial charge is 0.337 e. The normalized spacial score (nSPS) is 24.5. The second kappa shape index (κ2) is 7.17. The lowest BCUT2D eigenvalue weighted by Gasteiger charge is -2.39. The van der Waals surface area contributed by atoms with E-state index in [1.165, 1.54) is 29.5 Å². The highest BCUT2D eigenvalue weighted by Crippen LogP contribution is 2.32. The summed E-state index contributed by atoms with van der Waals surface area (Å²) in [6.45, 7) is 4.24. The van der Waals surface area contributed by atoms with Crippen LogP contribution < -0.4 is 5.32 Å². The van der Waals surface area contributed by atoms with Gasteiger partial charge in [-0.25, -0.2) is 0 Å². The van der Waals surface area contributed by atoms with Crippen LogP contribution in [0.2, 0.25) is 0 Å². The fraction of sp³-hybridized carbons (Fsp3) is 0.733. The number of hydrogen-bond donors (Lipinski definition) is 1. The molecule has 0 aromatic carbocycles. The Kier molecular flexibility index (Phi) is 5.21. The quantitative estimate of drug-likeness (QED) is 0.650. The van der Waals surface area contributed by atoms with E-state index >= 15 is 0 Å². The van der Waals surface area contributed by atoms with Crippen LogP contribution in [0, 0.1) is 5.92 Å². The van der Waals surface area contributed by atoms with E-state index in [0.29, 0.717) is 23.0 Å². The molecular formula is C15H22N4O2S2. The average Bonchev–Trinajstić information content (AvgIpc) is 3.27. The summed E-state index contributed by atoms with van der Waals surface area (Å²) < 4.78 is 0.724. The maximum atomic E-state index is 12.5. The Bertz CT molecular complexity index is 578. The number of carbonyl (C=O) groups is 2. The highest BCUT2D eigenvalue weighted by Gasteiger charge is 2.31. The van der Waals surface area contributed by atoms with Crippen molar-refractivity contribution in [3.8, 4) is 0 Å². The van der Waals surface area contributed by atoms with E-state index in [1.807, 2.05) is 4.90 Å². The molecule has 1 aliphatic carbocycles. The van der Waals surface area contributed by atoms with Crippen molar-refractivity contribution in [1.29, 1.82) is 0 Å². The van der Waals surface area contributed by atoms with Crippen LogP contribution in [0.5, 0.6) is 0 Å². The first-order chi connectivity index (χ1) is 11.0. The molecule has 2 aliphatic rings. The van der Waals surface area contributed by atoms with Gasteiger partial charge in [-0.1, -0.05) is 23.1 Å². The predicted octanol–water partition coefficient (Wildman–Crippen LogP) is 2.77. The average molecular weight is 355 g/mol. The minimum absolute atomic E-state index is 0.0322. The Balaban J connectivity index is 1.50. The minimum atomic E-state index is 0.0322. The van der Waals surface area contributed by atoms with E-state index in [9.17, 15) is 9.59 Å². The molecule has 3 rings (SSSR count). The Morgan fingerprint density at radius 2 is 1.91 bits per heavy atom. The maximum absolute atomic E-state index is 12.5. The highest BCUT2D eigenvalue weighted by atomic mass is 32.2. The van der Waals surface area contributed by atoms with Crippen molar-refractivity contribution in [2.45, 2.75) is 62.4 Å². The number of nitrogens with zero attached hydrogens (tertiary/aromatic N) is 3. The zero-order valence-corrected chi connectivity index (χ0v) is 15.1. The number of hydrogen-bond acceptors (Lipinski definition) is 6. The number of likely N-dealkylation sites (tertiary alicyclic amines) is 1. The van der Waals surface area contributed by atoms with Gasteiger partial charge in [-0.3, -0.25) is 9.59 Å². The van der Waals surface area contributed by atoms with Gasteiger partial charge in [0.15, 0.2) is 4.34 Å². The van der Waals surface area contributed by atoms with Crippen LogP contribution in [-0.2, 0) is 9.59 Å². The van der Waals surface area contributed by atoms with E-state index in [0.717, 1.165) is 30.0 Å². The van der Waals surface area contributed by atoms with Crippen molar-refractivity contribution in [3.05, 3.63) is 0 Å². The van der Waals surface area contributed by atoms with Crippen LogP contribution >= 0.6 is 23.1 Å². The lowest BCUT2D eigenvalue weighted by Crippen LogP contribution is -2.48. The van der Waals surface area contributed by atoms with Gasteiger partial charge in [-0.15, -0.1) is 10.2 Å². The van der Waals surface area contributed by atoms with E-state index in [2.05, 4.69) is 29.4 Å². The summed E-state index contributed by atoms with van der Waals surface area (Å²) in [6, 6.07) is 0.629. The minimum Gasteiger partial charge on any atom is -0.337 e. The van der Waals surface area contributed by atoms with Crippen molar-refractivity contribution < 1.29 is 9.59 Å². The van der Waals surface area contributed by atoms with Gasteiger partial charge in [0.1, 0.15) is 0 Å². The number of aromatic nitrogens is 2. The molecule has 1 saturated heterocycles. The molecule has 1 aromatic heterocycles. The summed E-state index contributed by atoms with van der Waals surface area (Å²) in [7, 11) is 0. The van der Waals surface area contributed by atoms with Crippen LogP contribution in [0.3, 0.4) is 0 Å². The first-order valence-electron chi connectivity index (χ1n) is 8.13. The number of carbonyl (C=O) groups excluding carboxylic acids is 2. The van der Waals surface area contributed by atoms with Gasteiger partial charge in [-0.2, -0.15) is 0 Å². The molecule has 2 unspecified atom stereocenters. The number of nitrogens with one attached hydrogen (secondary N) is 1. The molecule has 8 heteroatoms. The molecule has 2 fully saturated rings. The monoisotopic (exact) mass is 354 g/mol. The van der Waals surface area contributed by atoms with Crippen molar-refractivity contribution in [2.75, 3.05) is 11.1 Å². The molecule has 1 N–H and O–H groups in total. The van der Waals surface area contributed by atoms with Gasteiger partial charge in [0.2, 0.25) is 16.9 Å². The van der Waals surface area contributed by atoms with Gasteiger partial charge in [0.05, 0.1) is 5.75 Å². The fourth-order valence-electron chi connectivity index (χ4n) is 2.98. The van der Waals surface area contributed by atoms with Gasteiger partial charge >= 0.3 is 0 Å². The van der Waals surface area contributed by atoms with Crippen molar-refractivity contribution in [2.24, 2.45) is 5.92 Å². The molecule has 126 valence electrons. The summed E-state index contributed by atoms with van der Waals surface area (Å²) in [5, 5.41) is 11.3. The summed E-state index contributed by atoms with van der Waals surface area (Å²) in [4.78, 5) is 26.2. The molecule has 1 saturated carbocycles. The van der Waals surface area contributed by atoms with Crippen molar-refractivity contribution in [3.63, 3.8) is 0 Å². The molecule has 0 spiro atoms. The lowest BCUT2D eigenvalue weighted by molar-refractivity contribution is -0.134. The summed E-state index contributed by atoms with van der Waals surface area (Å²) in [6.07, 6.45) is 5.29. The number of anilines is 1. The van der Waals surface area contributed by atoms with Crippen molar-refractivity contribution >= 4 is 40.0 Å². The molecular weight excluding hydrogens is 332 g/mol. The molecule has 2 amide bonds. The van der Waals surface area contributed by atoms with E-state index in [1.54, 1.807) is 0 Å². The summed E-state index contributed by atoms with van der Waals surface area (Å²) in [5.41, 5.74) is 0. The highest BCUT2D eigenvalue weighted by molar-refractivity contribution is 8.01. The molecule has 6 nitrogen and oxygen atoms in total. The Morgan fingerprint density at radius 1 is 1.22 bits per heavy atom. The molecule has 1 aromatic rings. The standard InChI is InChI=1S/C15H22N4O2S2/c1-9-4-3-5-10(2)19(9)12(20)8-22-15-18-17-14(23-15)16-13(21)11-6-7-11/h9-11H,3-8H2,1-2H3,(H,16,17,21). The lowest BCUT2D eigenvalue weighted by atomic mass is 9.98. The third-order valence-corrected chi connectivity index (χ3v) is 6.34. The second-order valence-corrected chi connectivity index (χ2v) is 8.56. The van der Waals surface area contributed by atoms with Crippen LogP contribution in [0.1, 0.15) is 46.0 Å². The van der Waals surface area contributed by atoms with Crippen LogP contribution in [-0.4, -0.2) is 44.7 Å². The third kappa shape index (κ3) is 4.23. The zero-order chi connectivity index (χ0) is 16.4. The summed E-state index contributed by atoms with van der Waals surface area (Å²) >= 11 is 2.74. The number of rotatable bonds is 5. The molecule has 2 heterocycles. The van der Waals surface area contributed by atoms with Crippen LogP contribution in [0.4, 0.5) is 5.13 Å². The molecule has 23 heavy (non-hydrogen) atoms. The molecule has 2 atom stereocenters. The second-order valence-electron chi connectivity index (χ2n) is 6.36. The van der Waals surface area contributed by atoms with E-state index < -0.39 is 0 Å². The Hall–Kier alpha value is -1.15. The van der Waals surface area contributed by atoms with Gasteiger partial charge in [-0.05, 0) is 46.0 Å². The number of thioether (sulfide) groups is 1. The topological polar surface area (TPSA) is 75.2 Å². The molecule has 1 aliphatic heterocycles. The van der Waals surface area contributed by atoms with E-state index in [-0.39, 0.29) is 17.7 Å². The fourth-order valence-corrected chi connectivity index (χ4v) is 4.61. The molecule has 0 bridgehead atoms. The summed E-state index contributed by atoms with van der Waals surface area (Å²) in [5.74, 6) is 0.719. The smallest absolute Gasteiger partial charge is 0.233 e. The Morgan fingerprint density at radius 3 is 2.57 bits per heavy atom. The third-order valence-electron chi connectivity index (χ3n) is 4.39. The maximum Gasteiger partial charge on any atom is 0.233 e. The SMILES string of the molecule is CC1CCCC(C)N1C(=O)CSc1nnc(NC(=O)C2CC2)s1. The van der Waals surface area contributed by atoms with Crippen LogP contribution in [0.15, 0.2) is 4.34 Å². The van der Waals surface area contributed by atoms with E-state index in [4.69, 9.17) is 0 Å². The molecule has 0 radical (unpaired) electrons. The van der Waals surface area contributed by atoms with Gasteiger partial charge < -0.3 is 10.2 Å². The first kappa shape index (κ1) is 16.7. The number of amides is 2. The first-order valence-corrected chi connectivity index (χ1v) is 9.93. The van der Waals surface area contributed by atoms with Gasteiger partial charge in [0, 0.05) is 18.0 Å². The van der Waals surface area contributed by atoms with Gasteiger partial charge in [0.25, 0.3) is 0 Å².